The van der Waals surface area contributed by atoms with Crippen molar-refractivity contribution in [2.45, 2.75) is 6.92 Å². The zero-order valence-corrected chi connectivity index (χ0v) is 20.4. The summed E-state index contributed by atoms with van der Waals surface area (Å²) in [5.41, 5.74) is 2.65. The minimum Gasteiger partial charge on any atom is -0.495 e. The second-order valence-electron chi connectivity index (χ2n) is 7.52. The molecule has 0 spiro atoms. The van der Waals surface area contributed by atoms with Crippen molar-refractivity contribution in [3.05, 3.63) is 66.2 Å². The molecule has 2 heterocycles. The van der Waals surface area contributed by atoms with Gasteiger partial charge in [0.1, 0.15) is 10.8 Å². The zero-order chi connectivity index (χ0) is 23.2. The van der Waals surface area contributed by atoms with E-state index in [9.17, 15) is 4.79 Å². The number of para-hydroxylation sites is 2. The predicted molar refractivity (Wildman–Crippen MR) is 139 cm³/mol. The summed E-state index contributed by atoms with van der Waals surface area (Å²) in [6.45, 7) is 5.33. The summed E-state index contributed by atoms with van der Waals surface area (Å²) in [5, 5.41) is 4.64. The maximum absolute atomic E-state index is 12.6. The number of rotatable bonds is 6. The van der Waals surface area contributed by atoms with Crippen LogP contribution in [0.5, 0.6) is 5.75 Å². The zero-order valence-electron chi connectivity index (χ0n) is 18.7. The first-order valence-corrected chi connectivity index (χ1v) is 12.1. The van der Waals surface area contributed by atoms with Gasteiger partial charge in [-0.25, -0.2) is 4.79 Å². The fourth-order valence-electron chi connectivity index (χ4n) is 3.81. The normalized spacial score (nSPS) is 13.5. The molecule has 0 bridgehead atoms. The van der Waals surface area contributed by atoms with Crippen LogP contribution in [-0.4, -0.2) is 55.9 Å². The molecular weight excluding hydrogens is 454 g/mol. The molecule has 1 aliphatic rings. The van der Waals surface area contributed by atoms with Gasteiger partial charge in [-0.1, -0.05) is 42.5 Å². The molecule has 33 heavy (non-hydrogen) atoms. The average molecular weight is 482 g/mol. The highest BCUT2D eigenvalue weighted by Crippen LogP contribution is 2.36. The van der Waals surface area contributed by atoms with Crippen molar-refractivity contribution < 1.29 is 14.3 Å². The number of carbonyl (C=O) groups excluding carboxylic acids is 1. The lowest BCUT2D eigenvalue weighted by atomic mass is 10.1. The number of benzene rings is 2. The first kappa shape index (κ1) is 23.1. The van der Waals surface area contributed by atoms with Crippen LogP contribution in [0.2, 0.25) is 0 Å². The van der Waals surface area contributed by atoms with Crippen molar-refractivity contribution in [1.82, 2.24) is 4.90 Å². The van der Waals surface area contributed by atoms with Crippen molar-refractivity contribution in [3.63, 3.8) is 0 Å². The molecule has 172 valence electrons. The first-order chi connectivity index (χ1) is 16.1. The number of anilines is 2. The van der Waals surface area contributed by atoms with Crippen molar-refractivity contribution in [3.8, 4) is 16.2 Å². The number of thiophene rings is 1. The summed E-state index contributed by atoms with van der Waals surface area (Å²) >= 11 is 7.23. The van der Waals surface area contributed by atoms with Crippen LogP contribution in [-0.2, 0) is 4.74 Å². The number of carbonyl (C=O) groups is 1. The third kappa shape index (κ3) is 5.29. The molecule has 1 saturated heterocycles. The Kier molecular flexibility index (Phi) is 7.47. The topological polar surface area (TPSA) is 54.0 Å². The van der Waals surface area contributed by atoms with Gasteiger partial charge in [-0.2, -0.15) is 0 Å². The van der Waals surface area contributed by atoms with E-state index in [1.165, 1.54) is 11.3 Å². The van der Waals surface area contributed by atoms with E-state index in [0.29, 0.717) is 22.3 Å². The maximum atomic E-state index is 12.6. The minimum absolute atomic E-state index is 0.324. The van der Waals surface area contributed by atoms with E-state index in [4.69, 9.17) is 21.7 Å². The van der Waals surface area contributed by atoms with Gasteiger partial charge in [-0.15, -0.1) is 11.3 Å². The van der Waals surface area contributed by atoms with Crippen molar-refractivity contribution in [2.75, 3.05) is 50.1 Å². The van der Waals surface area contributed by atoms with Crippen LogP contribution in [0.3, 0.4) is 0 Å². The van der Waals surface area contributed by atoms with Crippen LogP contribution in [0.15, 0.2) is 60.7 Å². The highest BCUT2D eigenvalue weighted by atomic mass is 32.1. The van der Waals surface area contributed by atoms with Gasteiger partial charge >= 0.3 is 5.97 Å². The standard InChI is InChI=1S/C25H27N3O3S2/c1-3-31-24(29)19-17-22(18-9-5-4-6-10-18)33-23(19)26-25(32)28-15-13-27(14-16-28)20-11-7-8-12-21(20)30-2/h4-12,17H,3,13-16H2,1-2H3,(H,26,32). The molecule has 8 heteroatoms. The molecule has 1 fully saturated rings. The lowest BCUT2D eigenvalue weighted by Gasteiger charge is -2.37. The van der Waals surface area contributed by atoms with E-state index in [0.717, 1.165) is 48.1 Å². The lowest BCUT2D eigenvalue weighted by Crippen LogP contribution is -2.50. The van der Waals surface area contributed by atoms with Gasteiger partial charge in [0.25, 0.3) is 0 Å². The van der Waals surface area contributed by atoms with Crippen LogP contribution in [0.1, 0.15) is 17.3 Å². The van der Waals surface area contributed by atoms with Gasteiger partial charge in [0.15, 0.2) is 5.11 Å². The smallest absolute Gasteiger partial charge is 0.341 e. The van der Waals surface area contributed by atoms with E-state index in [2.05, 4.69) is 21.2 Å². The Labute approximate surface area is 203 Å². The number of nitrogens with zero attached hydrogens (tertiary/aromatic N) is 2. The number of piperazine rings is 1. The number of thiocarbonyl (C=S) groups is 1. The van der Waals surface area contributed by atoms with Crippen LogP contribution in [0.4, 0.5) is 10.7 Å². The highest BCUT2D eigenvalue weighted by Gasteiger charge is 2.24. The molecule has 2 aromatic carbocycles. The third-order valence-electron chi connectivity index (χ3n) is 5.50. The molecule has 0 amide bonds. The Balaban J connectivity index is 1.47. The molecule has 0 unspecified atom stereocenters. The van der Waals surface area contributed by atoms with Gasteiger partial charge in [0, 0.05) is 31.1 Å². The quantitative estimate of drug-likeness (QED) is 0.387. The van der Waals surface area contributed by atoms with Gasteiger partial charge in [0.2, 0.25) is 0 Å². The number of ether oxygens (including phenoxy) is 2. The third-order valence-corrected chi connectivity index (χ3v) is 6.96. The van der Waals surface area contributed by atoms with Crippen molar-refractivity contribution in [2.24, 2.45) is 0 Å². The monoisotopic (exact) mass is 481 g/mol. The number of nitrogens with one attached hydrogen (secondary N) is 1. The van der Waals surface area contributed by atoms with Gasteiger partial charge in [-0.05, 0) is 42.9 Å². The molecule has 4 rings (SSSR count). The lowest BCUT2D eigenvalue weighted by molar-refractivity contribution is 0.0528. The van der Waals surface area contributed by atoms with Crippen LogP contribution >= 0.6 is 23.6 Å². The molecule has 0 saturated carbocycles. The maximum Gasteiger partial charge on any atom is 0.341 e. The number of hydrogen-bond donors (Lipinski definition) is 1. The fraction of sp³-hybridized carbons (Fsp3) is 0.280. The molecule has 0 radical (unpaired) electrons. The predicted octanol–water partition coefficient (Wildman–Crippen LogP) is 5.12. The molecule has 0 aliphatic carbocycles. The Morgan fingerprint density at radius 3 is 2.45 bits per heavy atom. The molecule has 3 aromatic rings. The minimum atomic E-state index is -0.345. The van der Waals surface area contributed by atoms with Crippen LogP contribution in [0.25, 0.3) is 10.4 Å². The molecule has 1 aliphatic heterocycles. The van der Waals surface area contributed by atoms with Crippen LogP contribution in [0, 0.1) is 0 Å². The Hall–Kier alpha value is -3.10. The van der Waals surface area contributed by atoms with Crippen molar-refractivity contribution >= 4 is 45.3 Å². The average Bonchev–Trinajstić information content (AvgIpc) is 3.28. The Morgan fingerprint density at radius 2 is 1.76 bits per heavy atom. The highest BCUT2D eigenvalue weighted by molar-refractivity contribution is 7.80. The van der Waals surface area contributed by atoms with Gasteiger partial charge in [0.05, 0.1) is 25.0 Å². The molecule has 1 aromatic heterocycles. The van der Waals surface area contributed by atoms with Gasteiger partial charge < -0.3 is 24.6 Å². The van der Waals surface area contributed by atoms with Crippen molar-refractivity contribution in [1.29, 1.82) is 0 Å². The van der Waals surface area contributed by atoms with E-state index in [-0.39, 0.29) is 5.97 Å². The molecule has 1 N–H and O–H groups in total. The number of hydrogen-bond acceptors (Lipinski definition) is 6. The van der Waals surface area contributed by atoms with E-state index in [1.807, 2.05) is 54.6 Å². The molecule has 6 nitrogen and oxygen atoms in total. The molecular formula is C25H27N3O3S2. The van der Waals surface area contributed by atoms with Gasteiger partial charge in [-0.3, -0.25) is 0 Å². The summed E-state index contributed by atoms with van der Waals surface area (Å²) in [5.74, 6) is 0.528. The second kappa shape index (κ2) is 10.7. The number of esters is 1. The largest absolute Gasteiger partial charge is 0.495 e. The summed E-state index contributed by atoms with van der Waals surface area (Å²) in [6, 6.07) is 19.9. The second-order valence-corrected chi connectivity index (χ2v) is 8.95. The van der Waals surface area contributed by atoms with Crippen LogP contribution < -0.4 is 15.0 Å². The summed E-state index contributed by atoms with van der Waals surface area (Å²) in [6.07, 6.45) is 0. The Morgan fingerprint density at radius 1 is 1.06 bits per heavy atom. The molecule has 0 atom stereocenters. The Bertz CT molecular complexity index is 1110. The summed E-state index contributed by atoms with van der Waals surface area (Å²) in [7, 11) is 1.69. The van der Waals surface area contributed by atoms with E-state index < -0.39 is 0 Å². The fourth-order valence-corrected chi connectivity index (χ4v) is 5.21. The van der Waals surface area contributed by atoms with E-state index >= 15 is 0 Å². The van der Waals surface area contributed by atoms with E-state index in [1.54, 1.807) is 14.0 Å². The first-order valence-electron chi connectivity index (χ1n) is 10.9. The summed E-state index contributed by atoms with van der Waals surface area (Å²) in [4.78, 5) is 18.0. The SMILES string of the molecule is CCOC(=O)c1cc(-c2ccccc2)sc1NC(=S)N1CCN(c2ccccc2OC)CC1. The summed E-state index contributed by atoms with van der Waals surface area (Å²) < 4.78 is 10.8. The number of methoxy groups -OCH3 is 1.